The van der Waals surface area contributed by atoms with Crippen molar-refractivity contribution in [1.82, 2.24) is 0 Å². The lowest BCUT2D eigenvalue weighted by molar-refractivity contribution is -0.725. The van der Waals surface area contributed by atoms with Crippen LogP contribution in [-0.2, 0) is 14.9 Å². The Bertz CT molecular complexity index is 698. The second kappa shape index (κ2) is 5.33. The fourth-order valence-electron chi connectivity index (χ4n) is 1.64. The summed E-state index contributed by atoms with van der Waals surface area (Å²) in [6.45, 7) is 0. The zero-order valence-electron chi connectivity index (χ0n) is 10.1. The normalized spacial score (nSPS) is 21.6. The van der Waals surface area contributed by atoms with Crippen LogP contribution in [0.2, 0.25) is 0 Å². The summed E-state index contributed by atoms with van der Waals surface area (Å²) in [5, 5.41) is 38.7. The van der Waals surface area contributed by atoms with Gasteiger partial charge in [-0.2, -0.15) is 8.42 Å². The van der Waals surface area contributed by atoms with Crippen molar-refractivity contribution in [3.8, 4) is 0 Å². The van der Waals surface area contributed by atoms with Gasteiger partial charge in [0.25, 0.3) is 26.8 Å². The predicted octanol–water partition coefficient (Wildman–Crippen LogP) is -1.11. The molecule has 0 aliphatic heterocycles. The third-order valence-electron chi connectivity index (χ3n) is 2.38. The number of nitro groups is 2. The molecule has 0 bridgehead atoms. The van der Waals surface area contributed by atoms with Gasteiger partial charge in [0.2, 0.25) is 0 Å². The van der Waals surface area contributed by atoms with Crippen molar-refractivity contribution in [3.05, 3.63) is 48.7 Å². The molecule has 0 aromatic heterocycles. The van der Waals surface area contributed by atoms with Crippen molar-refractivity contribution in [1.29, 1.82) is 0 Å². The van der Waals surface area contributed by atoms with Crippen LogP contribution in [0.25, 0.3) is 0 Å². The molecule has 1 atom stereocenters. The zero-order chi connectivity index (χ0) is 16.5. The van der Waals surface area contributed by atoms with E-state index in [0.29, 0.717) is 0 Å². The minimum atomic E-state index is -5.31. The summed E-state index contributed by atoms with van der Waals surface area (Å²) in [4.78, 5) is 18.1. The van der Waals surface area contributed by atoms with E-state index in [-0.39, 0.29) is 6.08 Å². The molecule has 1 unspecified atom stereocenters. The molecule has 0 aromatic rings. The van der Waals surface area contributed by atoms with Crippen molar-refractivity contribution in [3.63, 3.8) is 0 Å². The molecule has 0 fully saturated rings. The van der Waals surface area contributed by atoms with Crippen LogP contribution in [0.1, 0.15) is 0 Å². The summed E-state index contributed by atoms with van der Waals surface area (Å²) < 4.78 is 35.9. The Morgan fingerprint density at radius 3 is 2.05 bits per heavy atom. The molecule has 0 spiro atoms. The fraction of sp³-hybridized carbons (Fsp3) is 0.286. The molecule has 2 N–H and O–H groups in total. The van der Waals surface area contributed by atoms with Gasteiger partial charge in [-0.05, 0) is 0 Å². The zero-order valence-corrected chi connectivity index (χ0v) is 10.9. The van der Waals surface area contributed by atoms with Gasteiger partial charge < -0.3 is 9.94 Å². The first kappa shape index (κ1) is 16.3. The van der Waals surface area contributed by atoms with E-state index in [0.717, 1.165) is 7.11 Å². The largest absolute Gasteiger partial charge is 0.486 e. The van der Waals surface area contributed by atoms with E-state index >= 15 is 0 Å². The van der Waals surface area contributed by atoms with Crippen molar-refractivity contribution in [2.24, 2.45) is 0 Å². The first-order chi connectivity index (χ1) is 9.52. The molecule has 0 radical (unpaired) electrons. The van der Waals surface area contributed by atoms with Gasteiger partial charge >= 0.3 is 11.4 Å². The van der Waals surface area contributed by atoms with Crippen LogP contribution in [0.15, 0.2) is 23.2 Å². The minimum Gasteiger partial charge on any atom is -0.486 e. The van der Waals surface area contributed by atoms with Crippen LogP contribution >= 0.6 is 0 Å². The molecule has 1 rings (SSSR count). The van der Waals surface area contributed by atoms with E-state index in [1.54, 1.807) is 0 Å². The molecule has 13 nitrogen and oxygen atoms in total. The average Bonchev–Trinajstić information content (AvgIpc) is 2.34. The third kappa shape index (κ3) is 2.90. The van der Waals surface area contributed by atoms with Crippen molar-refractivity contribution >= 4 is 15.8 Å². The van der Waals surface area contributed by atoms with Crippen molar-refractivity contribution < 1.29 is 37.7 Å². The van der Waals surface area contributed by atoms with E-state index in [4.69, 9.17) is 9.76 Å². The molecule has 116 valence electrons. The number of hydrogen-bond acceptors (Lipinski definition) is 9. The molecular weight excluding hydrogens is 318 g/mol. The highest BCUT2D eigenvalue weighted by Crippen LogP contribution is 2.29. The van der Waals surface area contributed by atoms with E-state index in [2.05, 4.69) is 4.74 Å². The summed E-state index contributed by atoms with van der Waals surface area (Å²) in [5.74, 6) is -1.04. The molecular formula is C7H7N3O10S. The molecule has 0 heterocycles. The molecule has 1 aliphatic rings. The van der Waals surface area contributed by atoms with Gasteiger partial charge in [0.15, 0.2) is 0 Å². The molecule has 0 aromatic carbocycles. The second-order valence-electron chi connectivity index (χ2n) is 3.56. The van der Waals surface area contributed by atoms with Gasteiger partial charge in [-0.3, -0.25) is 30.0 Å². The lowest BCUT2D eigenvalue weighted by atomic mass is 10.0. The summed E-state index contributed by atoms with van der Waals surface area (Å²) in [5.41, 5.74) is -3.93. The highest BCUT2D eigenvalue weighted by atomic mass is 32.2. The predicted molar refractivity (Wildman–Crippen MR) is 61.9 cm³/mol. The topological polar surface area (TPSA) is 196 Å². The van der Waals surface area contributed by atoms with Crippen LogP contribution in [0.4, 0.5) is 0 Å². The third-order valence-corrected chi connectivity index (χ3v) is 3.44. The van der Waals surface area contributed by atoms with E-state index < -0.39 is 53.0 Å². The molecule has 0 saturated heterocycles. The van der Waals surface area contributed by atoms with Gasteiger partial charge in [0.1, 0.15) is 0 Å². The molecule has 21 heavy (non-hydrogen) atoms. The second-order valence-corrected chi connectivity index (χ2v) is 5.06. The Morgan fingerprint density at radius 2 is 1.76 bits per heavy atom. The lowest BCUT2D eigenvalue weighted by Gasteiger charge is -2.15. The first-order valence-electron chi connectivity index (χ1n) is 4.80. The van der Waals surface area contributed by atoms with Gasteiger partial charge in [0, 0.05) is 4.90 Å². The van der Waals surface area contributed by atoms with Crippen LogP contribution in [-0.4, -0.2) is 51.0 Å². The SMILES string of the molecule is COC1=C([N+](=O)[O-])C(S(=O)(=O)O)C([N+](=O)[O-])=C/C1=[N+](/[O-])O. The van der Waals surface area contributed by atoms with Crippen LogP contribution in [0.5, 0.6) is 0 Å². The number of ether oxygens (including phenoxy) is 1. The number of hydrogen-bond donors (Lipinski definition) is 2. The summed E-state index contributed by atoms with van der Waals surface area (Å²) in [6.07, 6.45) is 0.247. The molecule has 14 heteroatoms. The van der Waals surface area contributed by atoms with Crippen LogP contribution < -0.4 is 0 Å². The van der Waals surface area contributed by atoms with Gasteiger partial charge in [-0.25, -0.2) is 0 Å². The lowest BCUT2D eigenvalue weighted by Crippen LogP contribution is -2.38. The smallest absolute Gasteiger partial charge is 0.326 e. The van der Waals surface area contributed by atoms with E-state index in [1.807, 2.05) is 0 Å². The summed E-state index contributed by atoms with van der Waals surface area (Å²) in [6, 6.07) is 0. The van der Waals surface area contributed by atoms with Crippen molar-refractivity contribution in [2.45, 2.75) is 5.25 Å². The molecule has 1 aliphatic carbocycles. The van der Waals surface area contributed by atoms with E-state index in [9.17, 15) is 33.9 Å². The average molecular weight is 325 g/mol. The van der Waals surface area contributed by atoms with E-state index in [1.165, 1.54) is 0 Å². The Kier molecular flexibility index (Phi) is 4.14. The quantitative estimate of drug-likeness (QED) is 0.210. The summed E-state index contributed by atoms with van der Waals surface area (Å²) in [7, 11) is -4.51. The highest BCUT2D eigenvalue weighted by Gasteiger charge is 2.54. The Hall–Kier alpha value is -2.74. The van der Waals surface area contributed by atoms with Crippen LogP contribution in [0, 0.1) is 25.4 Å². The van der Waals surface area contributed by atoms with Gasteiger partial charge in [0.05, 0.1) is 23.0 Å². The number of methoxy groups -OCH3 is 1. The maximum absolute atomic E-state index is 11.2. The maximum atomic E-state index is 11.2. The number of rotatable bonds is 4. The monoisotopic (exact) mass is 325 g/mol. The van der Waals surface area contributed by atoms with Crippen molar-refractivity contribution in [2.75, 3.05) is 7.11 Å². The molecule has 0 amide bonds. The summed E-state index contributed by atoms with van der Waals surface area (Å²) >= 11 is 0. The standard InChI is InChI=1S/C7H7N3O10S/c1-20-6-3(8(11)12)2-4(9(13)14)7(21(17,18)19)5(6)10(15)16/h2,7H,1H3,(H,11,12)(H,17,18,19). The van der Waals surface area contributed by atoms with Crippen LogP contribution in [0.3, 0.4) is 0 Å². The maximum Gasteiger partial charge on any atom is 0.326 e. The Morgan fingerprint density at radius 1 is 1.24 bits per heavy atom. The minimum absolute atomic E-state index is 0.247. The fourth-order valence-corrected chi connectivity index (χ4v) is 2.58. The van der Waals surface area contributed by atoms with Gasteiger partial charge in [-0.1, -0.05) is 0 Å². The number of allylic oxidation sites excluding steroid dienone is 1. The Balaban J connectivity index is 3.87. The highest BCUT2D eigenvalue weighted by molar-refractivity contribution is 7.86. The molecule has 0 saturated carbocycles. The number of nitrogens with zero attached hydrogens (tertiary/aromatic N) is 3. The first-order valence-corrected chi connectivity index (χ1v) is 6.31. The van der Waals surface area contributed by atoms with Gasteiger partial charge in [-0.15, -0.1) is 0 Å². The Labute approximate surface area is 115 Å².